The van der Waals surface area contributed by atoms with Gasteiger partial charge in [-0.05, 0) is 44.9 Å². The van der Waals surface area contributed by atoms with Crippen molar-refractivity contribution in [3.8, 4) is 5.69 Å². The predicted molar refractivity (Wildman–Crippen MR) is 111 cm³/mol. The van der Waals surface area contributed by atoms with Crippen LogP contribution in [0.4, 0.5) is 10.2 Å². The van der Waals surface area contributed by atoms with E-state index in [0.29, 0.717) is 24.0 Å². The minimum absolute atomic E-state index is 0.124. The van der Waals surface area contributed by atoms with Gasteiger partial charge in [-0.3, -0.25) is 9.69 Å². The maximum atomic E-state index is 14.1. The zero-order valence-corrected chi connectivity index (χ0v) is 16.7. The Labute approximate surface area is 170 Å². The number of aromatic nitrogens is 2. The van der Waals surface area contributed by atoms with Gasteiger partial charge in [-0.1, -0.05) is 35.9 Å². The van der Waals surface area contributed by atoms with E-state index < -0.39 is 0 Å². The van der Waals surface area contributed by atoms with Gasteiger partial charge in [-0.2, -0.15) is 5.10 Å². The predicted octanol–water partition coefficient (Wildman–Crippen LogP) is 4.23. The monoisotopic (exact) mass is 392 g/mol. The van der Waals surface area contributed by atoms with Crippen molar-refractivity contribution in [1.29, 1.82) is 0 Å². The van der Waals surface area contributed by atoms with Crippen LogP contribution in [0.3, 0.4) is 0 Å². The number of benzene rings is 2. The standard InChI is InChI=1S/C23H25FN4O/c1-16-7-9-20(10-8-16)28-22(13-17(2)26-28)25-23(29)15-27(19-11-12-19)14-18-5-3-4-6-21(18)24/h3-10,13,19H,11-12,14-15H2,1-2H3,(H,25,29). The Kier molecular flexibility index (Phi) is 5.45. The molecule has 1 fully saturated rings. The highest BCUT2D eigenvalue weighted by Gasteiger charge is 2.31. The van der Waals surface area contributed by atoms with Crippen LogP contribution in [0.1, 0.15) is 29.7 Å². The summed E-state index contributed by atoms with van der Waals surface area (Å²) in [6.45, 7) is 4.58. The molecule has 3 aromatic rings. The van der Waals surface area contributed by atoms with E-state index in [-0.39, 0.29) is 18.3 Å². The zero-order valence-electron chi connectivity index (χ0n) is 16.7. The van der Waals surface area contributed by atoms with Gasteiger partial charge >= 0.3 is 0 Å². The van der Waals surface area contributed by atoms with Crippen LogP contribution in [0.5, 0.6) is 0 Å². The number of rotatable bonds is 7. The van der Waals surface area contributed by atoms with Gasteiger partial charge in [0.1, 0.15) is 11.6 Å². The summed E-state index contributed by atoms with van der Waals surface area (Å²) in [5.74, 6) is 0.283. The summed E-state index contributed by atoms with van der Waals surface area (Å²) in [4.78, 5) is 14.8. The molecule has 150 valence electrons. The maximum absolute atomic E-state index is 14.1. The van der Waals surface area contributed by atoms with Gasteiger partial charge in [-0.15, -0.1) is 0 Å². The van der Waals surface area contributed by atoms with Crippen LogP contribution < -0.4 is 5.32 Å². The number of nitrogens with zero attached hydrogens (tertiary/aromatic N) is 3. The molecule has 0 bridgehead atoms. The largest absolute Gasteiger partial charge is 0.309 e. The van der Waals surface area contributed by atoms with Crippen LogP contribution in [-0.4, -0.2) is 33.2 Å². The van der Waals surface area contributed by atoms with Crippen molar-refractivity contribution in [2.24, 2.45) is 0 Å². The van der Waals surface area contributed by atoms with Crippen molar-refractivity contribution in [2.45, 2.75) is 39.3 Å². The summed E-state index contributed by atoms with van der Waals surface area (Å²) < 4.78 is 15.8. The molecular weight excluding hydrogens is 367 g/mol. The third-order valence-corrected chi connectivity index (χ3v) is 5.12. The summed E-state index contributed by atoms with van der Waals surface area (Å²) in [6, 6.07) is 16.9. The quantitative estimate of drug-likeness (QED) is 0.655. The second-order valence-corrected chi connectivity index (χ2v) is 7.69. The van der Waals surface area contributed by atoms with Gasteiger partial charge in [-0.25, -0.2) is 9.07 Å². The lowest BCUT2D eigenvalue weighted by Gasteiger charge is -2.22. The Morgan fingerprint density at radius 1 is 1.17 bits per heavy atom. The molecule has 6 heteroatoms. The minimum Gasteiger partial charge on any atom is -0.309 e. The number of aryl methyl sites for hydroxylation is 2. The molecule has 1 aliphatic carbocycles. The first kappa shape index (κ1) is 19.3. The van der Waals surface area contributed by atoms with Crippen LogP contribution in [0.15, 0.2) is 54.6 Å². The van der Waals surface area contributed by atoms with Crippen molar-refractivity contribution >= 4 is 11.7 Å². The van der Waals surface area contributed by atoms with Crippen molar-refractivity contribution < 1.29 is 9.18 Å². The van der Waals surface area contributed by atoms with E-state index in [0.717, 1.165) is 29.8 Å². The Morgan fingerprint density at radius 3 is 2.59 bits per heavy atom. The fourth-order valence-electron chi connectivity index (χ4n) is 3.44. The van der Waals surface area contributed by atoms with E-state index in [4.69, 9.17) is 0 Å². The van der Waals surface area contributed by atoms with Crippen LogP contribution in [0.25, 0.3) is 5.69 Å². The molecule has 0 unspecified atom stereocenters. The Hall–Kier alpha value is -2.99. The molecule has 0 spiro atoms. The first-order valence-electron chi connectivity index (χ1n) is 9.90. The van der Waals surface area contributed by atoms with Gasteiger partial charge in [0, 0.05) is 24.2 Å². The lowest BCUT2D eigenvalue weighted by atomic mass is 10.2. The van der Waals surface area contributed by atoms with Crippen LogP contribution in [0, 0.1) is 19.7 Å². The van der Waals surface area contributed by atoms with E-state index >= 15 is 0 Å². The number of nitrogens with one attached hydrogen (secondary N) is 1. The fraction of sp³-hybridized carbons (Fsp3) is 0.304. The van der Waals surface area contributed by atoms with Crippen molar-refractivity contribution in [3.05, 3.63) is 77.2 Å². The van der Waals surface area contributed by atoms with E-state index in [1.165, 1.54) is 6.07 Å². The molecule has 0 atom stereocenters. The molecule has 0 saturated heterocycles. The Morgan fingerprint density at radius 2 is 1.90 bits per heavy atom. The van der Waals surface area contributed by atoms with Crippen LogP contribution in [0.2, 0.25) is 0 Å². The van der Waals surface area contributed by atoms with E-state index in [1.807, 2.05) is 55.1 Å². The molecule has 5 nitrogen and oxygen atoms in total. The van der Waals surface area contributed by atoms with E-state index in [9.17, 15) is 9.18 Å². The van der Waals surface area contributed by atoms with E-state index in [1.54, 1.807) is 16.8 Å². The molecule has 4 rings (SSSR count). The van der Waals surface area contributed by atoms with Gasteiger partial charge in [0.15, 0.2) is 0 Å². The maximum Gasteiger partial charge on any atom is 0.239 e. The number of amides is 1. The lowest BCUT2D eigenvalue weighted by Crippen LogP contribution is -2.35. The molecule has 29 heavy (non-hydrogen) atoms. The molecule has 0 radical (unpaired) electrons. The molecule has 1 heterocycles. The molecule has 1 aromatic heterocycles. The Bertz CT molecular complexity index is 1010. The molecule has 1 aliphatic rings. The summed E-state index contributed by atoms with van der Waals surface area (Å²) in [5.41, 5.74) is 3.50. The highest BCUT2D eigenvalue weighted by molar-refractivity contribution is 5.91. The van der Waals surface area contributed by atoms with Gasteiger partial charge in [0.05, 0.1) is 17.9 Å². The summed E-state index contributed by atoms with van der Waals surface area (Å²) >= 11 is 0. The number of hydrogen-bond donors (Lipinski definition) is 1. The smallest absolute Gasteiger partial charge is 0.239 e. The van der Waals surface area contributed by atoms with Crippen LogP contribution in [-0.2, 0) is 11.3 Å². The average Bonchev–Trinajstić information content (AvgIpc) is 3.47. The Balaban J connectivity index is 1.48. The minimum atomic E-state index is -0.230. The summed E-state index contributed by atoms with van der Waals surface area (Å²) in [7, 11) is 0. The third-order valence-electron chi connectivity index (χ3n) is 5.12. The number of anilines is 1. The molecule has 1 N–H and O–H groups in total. The van der Waals surface area contributed by atoms with Crippen molar-refractivity contribution in [2.75, 3.05) is 11.9 Å². The van der Waals surface area contributed by atoms with Gasteiger partial charge < -0.3 is 5.32 Å². The fourth-order valence-corrected chi connectivity index (χ4v) is 3.44. The first-order chi connectivity index (χ1) is 14.0. The summed E-state index contributed by atoms with van der Waals surface area (Å²) in [6.07, 6.45) is 2.09. The highest BCUT2D eigenvalue weighted by Crippen LogP contribution is 2.28. The van der Waals surface area contributed by atoms with Gasteiger partial charge in [0.25, 0.3) is 0 Å². The second kappa shape index (κ2) is 8.17. The van der Waals surface area contributed by atoms with Gasteiger partial charge in [0.2, 0.25) is 5.91 Å². The van der Waals surface area contributed by atoms with Crippen molar-refractivity contribution in [3.63, 3.8) is 0 Å². The first-order valence-corrected chi connectivity index (χ1v) is 9.90. The lowest BCUT2D eigenvalue weighted by molar-refractivity contribution is -0.117. The number of hydrogen-bond acceptors (Lipinski definition) is 3. The molecular formula is C23H25FN4O. The number of halogens is 1. The topological polar surface area (TPSA) is 50.2 Å². The molecule has 0 aliphatic heterocycles. The highest BCUT2D eigenvalue weighted by atomic mass is 19.1. The normalized spacial score (nSPS) is 13.7. The molecule has 1 amide bonds. The molecule has 1 saturated carbocycles. The summed E-state index contributed by atoms with van der Waals surface area (Å²) in [5, 5.41) is 7.49. The molecule has 2 aromatic carbocycles. The van der Waals surface area contributed by atoms with E-state index in [2.05, 4.69) is 10.4 Å². The zero-order chi connectivity index (χ0) is 20.4. The average molecular weight is 392 g/mol. The van der Waals surface area contributed by atoms with Crippen LogP contribution >= 0.6 is 0 Å². The number of carbonyl (C=O) groups is 1. The SMILES string of the molecule is Cc1ccc(-n2nc(C)cc2NC(=O)CN(Cc2ccccc2F)C2CC2)cc1. The second-order valence-electron chi connectivity index (χ2n) is 7.69. The van der Waals surface area contributed by atoms with Crippen molar-refractivity contribution in [1.82, 2.24) is 14.7 Å². The third kappa shape index (κ3) is 4.71. The number of carbonyl (C=O) groups excluding carboxylic acids is 1.